The van der Waals surface area contributed by atoms with E-state index in [1.807, 2.05) is 0 Å². The zero-order valence-electron chi connectivity index (χ0n) is 9.62. The van der Waals surface area contributed by atoms with Crippen molar-refractivity contribution in [3.05, 3.63) is 44.1 Å². The van der Waals surface area contributed by atoms with Crippen LogP contribution in [-0.4, -0.2) is 16.1 Å². The van der Waals surface area contributed by atoms with Crippen molar-refractivity contribution in [3.8, 4) is 11.3 Å². The summed E-state index contributed by atoms with van der Waals surface area (Å²) < 4.78 is 27.5. The highest BCUT2D eigenvalue weighted by Crippen LogP contribution is 2.30. The Morgan fingerprint density at radius 1 is 1.30 bits per heavy atom. The van der Waals surface area contributed by atoms with Crippen molar-refractivity contribution < 1.29 is 18.7 Å². The molecular formula is C12H6ClF2IN2O2. The Bertz CT molecular complexity index is 725. The Morgan fingerprint density at radius 2 is 1.95 bits per heavy atom. The first-order valence-corrected chi connectivity index (χ1v) is 6.61. The number of aromatic nitrogens is 1. The summed E-state index contributed by atoms with van der Waals surface area (Å²) in [6.45, 7) is 0. The van der Waals surface area contributed by atoms with Gasteiger partial charge in [-0.15, -0.1) is 0 Å². The van der Waals surface area contributed by atoms with Gasteiger partial charge in [-0.25, -0.2) is 18.6 Å². The maximum atomic E-state index is 13.8. The number of aromatic carboxylic acids is 1. The van der Waals surface area contributed by atoms with E-state index in [2.05, 4.69) is 4.98 Å². The lowest BCUT2D eigenvalue weighted by molar-refractivity contribution is 0.0691. The van der Waals surface area contributed by atoms with E-state index in [9.17, 15) is 13.6 Å². The highest BCUT2D eigenvalue weighted by molar-refractivity contribution is 14.1. The van der Waals surface area contributed by atoms with Gasteiger partial charge in [-0.05, 0) is 40.8 Å². The fourth-order valence-electron chi connectivity index (χ4n) is 1.55. The number of halogens is 4. The number of carbonyl (C=O) groups is 1. The van der Waals surface area contributed by atoms with Crippen LogP contribution in [-0.2, 0) is 0 Å². The van der Waals surface area contributed by atoms with E-state index >= 15 is 0 Å². The van der Waals surface area contributed by atoms with Crippen LogP contribution in [0.25, 0.3) is 11.3 Å². The molecule has 0 amide bonds. The summed E-state index contributed by atoms with van der Waals surface area (Å²) in [5.41, 5.74) is 4.69. The Labute approximate surface area is 130 Å². The largest absolute Gasteiger partial charge is 0.476 e. The third-order valence-corrected chi connectivity index (χ3v) is 3.70. The number of carboxylic acids is 1. The molecule has 0 aliphatic rings. The van der Waals surface area contributed by atoms with E-state index in [1.54, 1.807) is 22.6 Å². The molecule has 2 rings (SSSR count). The molecule has 0 saturated heterocycles. The molecule has 104 valence electrons. The second-order valence-electron chi connectivity index (χ2n) is 3.81. The molecule has 1 aromatic heterocycles. The number of carboxylic acid groups (broad SMARTS) is 1. The lowest BCUT2D eigenvalue weighted by Gasteiger charge is -2.08. The Morgan fingerprint density at radius 3 is 2.55 bits per heavy atom. The van der Waals surface area contributed by atoms with Crippen LogP contribution in [0.1, 0.15) is 10.5 Å². The van der Waals surface area contributed by atoms with E-state index in [1.165, 1.54) is 6.07 Å². The van der Waals surface area contributed by atoms with Gasteiger partial charge < -0.3 is 10.8 Å². The van der Waals surface area contributed by atoms with E-state index in [0.717, 1.165) is 12.1 Å². The predicted octanol–water partition coefficient (Wildman–Crippen LogP) is 3.57. The van der Waals surface area contributed by atoms with Gasteiger partial charge in [0.05, 0.1) is 20.0 Å². The number of pyridine rings is 1. The van der Waals surface area contributed by atoms with E-state index < -0.39 is 23.3 Å². The number of rotatable bonds is 2. The standard InChI is InChI=1S/C12H6ClF2IN2O2/c13-10-8(17)3-9(18-11(10)12(19)20)4-1-6(15)7(16)2-5(4)14/h1-3H,(H2,17,18)(H,19,20). The third-order valence-electron chi connectivity index (χ3n) is 2.47. The lowest BCUT2D eigenvalue weighted by Crippen LogP contribution is -2.06. The van der Waals surface area contributed by atoms with Gasteiger partial charge in [-0.1, -0.05) is 11.6 Å². The summed E-state index contributed by atoms with van der Waals surface area (Å²) in [4.78, 5) is 14.7. The molecule has 3 N–H and O–H groups in total. The first-order valence-electron chi connectivity index (χ1n) is 5.15. The maximum Gasteiger partial charge on any atom is 0.356 e. The van der Waals surface area contributed by atoms with Crippen molar-refractivity contribution in [2.45, 2.75) is 0 Å². The van der Waals surface area contributed by atoms with E-state index in [-0.39, 0.29) is 25.5 Å². The number of nitrogens with two attached hydrogens (primary N) is 1. The average molecular weight is 411 g/mol. The maximum absolute atomic E-state index is 13.8. The molecule has 0 unspecified atom stereocenters. The molecule has 0 saturated carbocycles. The van der Waals surface area contributed by atoms with Gasteiger partial charge in [-0.3, -0.25) is 0 Å². The monoisotopic (exact) mass is 410 g/mol. The molecule has 0 spiro atoms. The quantitative estimate of drug-likeness (QED) is 0.586. The molecule has 4 nitrogen and oxygen atoms in total. The zero-order valence-corrected chi connectivity index (χ0v) is 12.5. The molecule has 0 aliphatic carbocycles. The fraction of sp³-hybridized carbons (Fsp3) is 0. The summed E-state index contributed by atoms with van der Waals surface area (Å²) >= 11 is 7.35. The summed E-state index contributed by atoms with van der Waals surface area (Å²) in [7, 11) is 0. The van der Waals surface area contributed by atoms with Gasteiger partial charge in [-0.2, -0.15) is 0 Å². The highest BCUT2D eigenvalue weighted by Gasteiger charge is 2.18. The fourth-order valence-corrected chi connectivity index (χ4v) is 2.15. The van der Waals surface area contributed by atoms with Crippen LogP contribution in [0.15, 0.2) is 18.2 Å². The molecule has 0 aliphatic heterocycles. The molecular weight excluding hydrogens is 404 g/mol. The van der Waals surface area contributed by atoms with Gasteiger partial charge in [0.1, 0.15) is 11.6 Å². The van der Waals surface area contributed by atoms with E-state index in [4.69, 9.17) is 22.4 Å². The molecule has 2 aromatic rings. The Hall–Kier alpha value is -1.48. The summed E-state index contributed by atoms with van der Waals surface area (Å²) in [5, 5.41) is 8.72. The molecule has 1 heterocycles. The van der Waals surface area contributed by atoms with Crippen LogP contribution in [0.5, 0.6) is 0 Å². The van der Waals surface area contributed by atoms with Gasteiger partial charge in [0, 0.05) is 5.56 Å². The topological polar surface area (TPSA) is 76.2 Å². The van der Waals surface area contributed by atoms with E-state index in [0.29, 0.717) is 0 Å². The highest BCUT2D eigenvalue weighted by atomic mass is 127. The second-order valence-corrected chi connectivity index (χ2v) is 5.35. The molecule has 0 radical (unpaired) electrons. The number of nitrogen functional groups attached to an aromatic ring is 1. The van der Waals surface area contributed by atoms with Crippen molar-refractivity contribution in [1.82, 2.24) is 4.98 Å². The normalized spacial score (nSPS) is 10.6. The summed E-state index contributed by atoms with van der Waals surface area (Å²) in [6.07, 6.45) is 0. The molecule has 0 atom stereocenters. The number of benzene rings is 1. The first kappa shape index (κ1) is 14.9. The smallest absolute Gasteiger partial charge is 0.356 e. The van der Waals surface area contributed by atoms with Crippen LogP contribution in [0.3, 0.4) is 0 Å². The number of nitrogens with zero attached hydrogens (tertiary/aromatic N) is 1. The van der Waals surface area contributed by atoms with Gasteiger partial charge in [0.25, 0.3) is 0 Å². The van der Waals surface area contributed by atoms with Gasteiger partial charge in [0.15, 0.2) is 5.69 Å². The Kier molecular flexibility index (Phi) is 4.09. The average Bonchev–Trinajstić information content (AvgIpc) is 2.36. The summed E-state index contributed by atoms with van der Waals surface area (Å²) in [6, 6.07) is 3.11. The third kappa shape index (κ3) is 2.68. The number of hydrogen-bond donors (Lipinski definition) is 2. The number of hydrogen-bond acceptors (Lipinski definition) is 3. The molecule has 8 heteroatoms. The van der Waals surface area contributed by atoms with Gasteiger partial charge in [0.2, 0.25) is 0 Å². The summed E-state index contributed by atoms with van der Waals surface area (Å²) in [5.74, 6) is -2.79. The lowest BCUT2D eigenvalue weighted by atomic mass is 10.1. The van der Waals surface area contributed by atoms with Crippen molar-refractivity contribution in [1.29, 1.82) is 0 Å². The Balaban J connectivity index is 2.71. The van der Waals surface area contributed by atoms with Crippen LogP contribution < -0.4 is 5.73 Å². The van der Waals surface area contributed by atoms with Crippen molar-refractivity contribution in [2.24, 2.45) is 0 Å². The molecule has 0 bridgehead atoms. The van der Waals surface area contributed by atoms with Crippen molar-refractivity contribution >= 4 is 45.8 Å². The number of anilines is 1. The van der Waals surface area contributed by atoms with Gasteiger partial charge >= 0.3 is 5.97 Å². The van der Waals surface area contributed by atoms with Crippen LogP contribution in [0.2, 0.25) is 5.02 Å². The van der Waals surface area contributed by atoms with Crippen molar-refractivity contribution in [3.63, 3.8) is 0 Å². The molecule has 20 heavy (non-hydrogen) atoms. The van der Waals surface area contributed by atoms with Crippen LogP contribution in [0, 0.1) is 15.2 Å². The minimum atomic E-state index is -1.41. The first-order chi connectivity index (χ1) is 9.31. The minimum absolute atomic E-state index is 0.0765. The molecule has 0 fully saturated rings. The minimum Gasteiger partial charge on any atom is -0.476 e. The molecule has 1 aromatic carbocycles. The zero-order chi connectivity index (χ0) is 15.0. The predicted molar refractivity (Wildman–Crippen MR) is 78.7 cm³/mol. The SMILES string of the molecule is Nc1cc(-c2cc(F)c(I)cc2F)nc(C(=O)O)c1Cl. The van der Waals surface area contributed by atoms with Crippen LogP contribution in [0.4, 0.5) is 14.5 Å². The van der Waals surface area contributed by atoms with Crippen LogP contribution >= 0.6 is 34.2 Å². The van der Waals surface area contributed by atoms with Crippen molar-refractivity contribution in [2.75, 3.05) is 5.73 Å². The second kappa shape index (κ2) is 5.49.